The summed E-state index contributed by atoms with van der Waals surface area (Å²) in [7, 11) is -3.24. The number of rotatable bonds is 4. The molecule has 0 saturated carbocycles. The van der Waals surface area contributed by atoms with Crippen LogP contribution in [-0.4, -0.2) is 51.8 Å². The fourth-order valence-corrected chi connectivity index (χ4v) is 6.37. The van der Waals surface area contributed by atoms with Gasteiger partial charge in [0.05, 0.1) is 10.9 Å². The van der Waals surface area contributed by atoms with Crippen LogP contribution < -0.4 is 10.1 Å². The Morgan fingerprint density at radius 3 is 2.37 bits per heavy atom. The van der Waals surface area contributed by atoms with Crippen LogP contribution in [0.5, 0.6) is 5.75 Å². The van der Waals surface area contributed by atoms with Crippen molar-refractivity contribution in [3.8, 4) is 5.75 Å². The van der Waals surface area contributed by atoms with Gasteiger partial charge in [0, 0.05) is 35.0 Å². The average molecular weight is 467 g/mol. The Hall–Kier alpha value is -1.31. The molecule has 0 radical (unpaired) electrons. The van der Waals surface area contributed by atoms with Gasteiger partial charge >= 0.3 is 0 Å². The molecule has 5 rings (SSSR count). The van der Waals surface area contributed by atoms with E-state index in [9.17, 15) is 8.42 Å². The van der Waals surface area contributed by atoms with Gasteiger partial charge in [0.25, 0.3) is 0 Å². The van der Waals surface area contributed by atoms with Crippen LogP contribution in [0.15, 0.2) is 41.3 Å². The van der Waals surface area contributed by atoms with Gasteiger partial charge in [0.15, 0.2) is 9.84 Å². The molecule has 2 heterocycles. The number of hydrogen-bond acceptors (Lipinski definition) is 5. The van der Waals surface area contributed by atoms with Crippen molar-refractivity contribution in [3.05, 3.63) is 57.6 Å². The van der Waals surface area contributed by atoms with Crippen molar-refractivity contribution in [2.75, 3.05) is 32.4 Å². The molecule has 2 fully saturated rings. The molecule has 4 atom stereocenters. The van der Waals surface area contributed by atoms with Gasteiger partial charge in [-0.3, -0.25) is 4.90 Å². The molecule has 1 N–H and O–H groups in total. The summed E-state index contributed by atoms with van der Waals surface area (Å²) in [6.07, 6.45) is 1.83. The van der Waals surface area contributed by atoms with E-state index in [2.05, 4.69) is 10.2 Å². The first-order valence-electron chi connectivity index (χ1n) is 10.2. The highest BCUT2D eigenvalue weighted by Gasteiger charge is 2.45. The lowest BCUT2D eigenvalue weighted by molar-refractivity contribution is 0.0890. The summed E-state index contributed by atoms with van der Waals surface area (Å²) >= 11 is 12.9. The minimum Gasteiger partial charge on any atom is -0.484 e. The first kappa shape index (κ1) is 20.6. The molecule has 1 aliphatic carbocycles. The Morgan fingerprint density at radius 2 is 1.73 bits per heavy atom. The van der Waals surface area contributed by atoms with Gasteiger partial charge < -0.3 is 10.1 Å². The van der Waals surface area contributed by atoms with E-state index in [-0.39, 0.29) is 17.0 Å². The molecule has 0 bridgehead atoms. The maximum absolute atomic E-state index is 11.8. The van der Waals surface area contributed by atoms with E-state index in [1.165, 1.54) is 6.26 Å². The summed E-state index contributed by atoms with van der Waals surface area (Å²) in [6, 6.07) is 10.6. The van der Waals surface area contributed by atoms with Gasteiger partial charge in [0.1, 0.15) is 11.9 Å². The van der Waals surface area contributed by atoms with Crippen LogP contribution in [0.4, 0.5) is 0 Å². The minimum absolute atomic E-state index is 0.177. The molecule has 30 heavy (non-hydrogen) atoms. The molecule has 4 unspecified atom stereocenters. The molecule has 8 heteroatoms. The van der Waals surface area contributed by atoms with E-state index in [4.69, 9.17) is 27.9 Å². The maximum Gasteiger partial charge on any atom is 0.175 e. The maximum atomic E-state index is 11.8. The van der Waals surface area contributed by atoms with Crippen molar-refractivity contribution < 1.29 is 13.2 Å². The third kappa shape index (κ3) is 3.73. The SMILES string of the molecule is CS(=O)(=O)c1ccc(OC2c3cc(Cl)cc(Cl)c3CC2N2CC3CNCC3C2)cc1. The van der Waals surface area contributed by atoms with Gasteiger partial charge in [-0.05, 0) is 73.3 Å². The Bertz CT molecular complexity index is 1060. The third-order valence-corrected chi connectivity index (χ3v) is 8.35. The molecule has 5 nitrogen and oxygen atoms in total. The normalized spacial score (nSPS) is 28.5. The molecule has 2 aromatic carbocycles. The number of nitrogens with zero attached hydrogens (tertiary/aromatic N) is 1. The van der Waals surface area contributed by atoms with E-state index >= 15 is 0 Å². The fraction of sp³-hybridized carbons (Fsp3) is 0.455. The molecule has 0 spiro atoms. The summed E-state index contributed by atoms with van der Waals surface area (Å²) < 4.78 is 30.0. The van der Waals surface area contributed by atoms with Crippen LogP contribution in [0.25, 0.3) is 0 Å². The molecule has 0 amide bonds. The molecule has 2 saturated heterocycles. The average Bonchev–Trinajstić information content (AvgIpc) is 3.35. The predicted octanol–water partition coefficient (Wildman–Crippen LogP) is 3.59. The lowest BCUT2D eigenvalue weighted by atomic mass is 10.0. The van der Waals surface area contributed by atoms with E-state index in [1.54, 1.807) is 30.3 Å². The Kier molecular flexibility index (Phi) is 5.27. The zero-order chi connectivity index (χ0) is 21.0. The van der Waals surface area contributed by atoms with Crippen LogP contribution in [0.3, 0.4) is 0 Å². The summed E-state index contributed by atoms with van der Waals surface area (Å²) in [5, 5.41) is 4.77. The quantitative estimate of drug-likeness (QED) is 0.745. The lowest BCUT2D eigenvalue weighted by Crippen LogP contribution is -2.40. The van der Waals surface area contributed by atoms with Crippen molar-refractivity contribution in [2.24, 2.45) is 11.8 Å². The van der Waals surface area contributed by atoms with Crippen LogP contribution in [-0.2, 0) is 16.3 Å². The van der Waals surface area contributed by atoms with E-state index in [0.29, 0.717) is 27.6 Å². The summed E-state index contributed by atoms with van der Waals surface area (Å²) in [5.74, 6) is 2.01. The molecule has 2 aromatic rings. The molecular weight excluding hydrogens is 443 g/mol. The van der Waals surface area contributed by atoms with Crippen LogP contribution in [0.2, 0.25) is 10.0 Å². The topological polar surface area (TPSA) is 58.6 Å². The van der Waals surface area contributed by atoms with Crippen molar-refractivity contribution in [1.82, 2.24) is 10.2 Å². The largest absolute Gasteiger partial charge is 0.484 e. The second-order valence-corrected chi connectivity index (χ2v) is 11.5. The van der Waals surface area contributed by atoms with Crippen molar-refractivity contribution in [3.63, 3.8) is 0 Å². The standard InChI is InChI=1S/C22H24Cl2N2O3S/c1-30(27,28)17-4-2-16(3-5-17)29-22-19-6-15(23)7-20(24)18(19)8-21(22)26-11-13-9-25-10-14(13)12-26/h2-7,13-14,21-22,25H,8-12H2,1H3. The molecule has 0 aromatic heterocycles. The van der Waals surface area contributed by atoms with Crippen LogP contribution in [0, 0.1) is 11.8 Å². The fourth-order valence-electron chi connectivity index (χ4n) is 5.15. The highest BCUT2D eigenvalue weighted by Crippen LogP contribution is 2.44. The number of sulfone groups is 1. The monoisotopic (exact) mass is 466 g/mol. The van der Waals surface area contributed by atoms with E-state index in [0.717, 1.165) is 43.7 Å². The van der Waals surface area contributed by atoms with Crippen LogP contribution in [0.1, 0.15) is 17.2 Å². The number of fused-ring (bicyclic) bond motifs is 2. The third-order valence-electron chi connectivity index (χ3n) is 6.67. The summed E-state index contributed by atoms with van der Waals surface area (Å²) in [4.78, 5) is 2.82. The number of nitrogens with one attached hydrogen (secondary N) is 1. The van der Waals surface area contributed by atoms with Gasteiger partial charge in [0.2, 0.25) is 0 Å². The number of ether oxygens (including phenoxy) is 1. The summed E-state index contributed by atoms with van der Waals surface area (Å²) in [5.41, 5.74) is 2.12. The van der Waals surface area contributed by atoms with Gasteiger partial charge in [-0.15, -0.1) is 0 Å². The number of likely N-dealkylation sites (tertiary alicyclic amines) is 1. The smallest absolute Gasteiger partial charge is 0.175 e. The minimum atomic E-state index is -3.24. The first-order valence-corrected chi connectivity index (χ1v) is 12.8. The Balaban J connectivity index is 1.46. The molecular formula is C22H24Cl2N2O3S. The molecule has 3 aliphatic rings. The van der Waals surface area contributed by atoms with Gasteiger partial charge in [-0.1, -0.05) is 23.2 Å². The second kappa shape index (κ2) is 7.68. The highest BCUT2D eigenvalue weighted by atomic mass is 35.5. The molecule has 160 valence electrons. The van der Waals surface area contributed by atoms with E-state index in [1.807, 2.05) is 6.07 Å². The molecule has 2 aliphatic heterocycles. The highest BCUT2D eigenvalue weighted by molar-refractivity contribution is 7.90. The Morgan fingerprint density at radius 1 is 1.07 bits per heavy atom. The van der Waals surface area contributed by atoms with Crippen molar-refractivity contribution >= 4 is 33.0 Å². The number of hydrogen-bond donors (Lipinski definition) is 1. The van der Waals surface area contributed by atoms with Crippen molar-refractivity contribution in [1.29, 1.82) is 0 Å². The number of halogens is 2. The predicted molar refractivity (Wildman–Crippen MR) is 118 cm³/mol. The van der Waals surface area contributed by atoms with Crippen molar-refractivity contribution in [2.45, 2.75) is 23.5 Å². The van der Waals surface area contributed by atoms with Gasteiger partial charge in [-0.25, -0.2) is 8.42 Å². The number of benzene rings is 2. The zero-order valence-corrected chi connectivity index (χ0v) is 19.0. The van der Waals surface area contributed by atoms with Crippen LogP contribution >= 0.6 is 23.2 Å². The zero-order valence-electron chi connectivity index (χ0n) is 16.6. The second-order valence-electron chi connectivity index (χ2n) is 8.64. The Labute approximate surface area is 187 Å². The van der Waals surface area contributed by atoms with E-state index < -0.39 is 9.84 Å². The summed E-state index contributed by atoms with van der Waals surface area (Å²) in [6.45, 7) is 4.25. The lowest BCUT2D eigenvalue weighted by Gasteiger charge is -2.31. The first-order chi connectivity index (χ1) is 14.3. The van der Waals surface area contributed by atoms with Gasteiger partial charge in [-0.2, -0.15) is 0 Å².